The van der Waals surface area contributed by atoms with Gasteiger partial charge in [-0.1, -0.05) is 6.92 Å². The molecule has 1 aliphatic heterocycles. The highest BCUT2D eigenvalue weighted by Crippen LogP contribution is 2.29. The third-order valence-corrected chi connectivity index (χ3v) is 4.61. The molecular weight excluding hydrogens is 271 g/mol. The lowest BCUT2D eigenvalue weighted by molar-refractivity contribution is -0.140. The minimum atomic E-state index is -1.25. The van der Waals surface area contributed by atoms with E-state index in [9.17, 15) is 13.4 Å². The molecule has 2 rings (SSSR count). The number of carboxylic acids is 1. The summed E-state index contributed by atoms with van der Waals surface area (Å²) in [6.07, 6.45) is 0.249. The summed E-state index contributed by atoms with van der Waals surface area (Å²) < 4.78 is 30.4. The lowest BCUT2D eigenvalue weighted by Gasteiger charge is -2.11. The normalized spacial score (nSPS) is 20.4. The van der Waals surface area contributed by atoms with E-state index in [1.807, 2.05) is 0 Å². The van der Waals surface area contributed by atoms with Crippen LogP contribution in [0.2, 0.25) is 0 Å². The number of carboxylic acid groups (broad SMARTS) is 1. The summed E-state index contributed by atoms with van der Waals surface area (Å²) in [6.45, 7) is 1.53. The van der Waals surface area contributed by atoms with Crippen molar-refractivity contribution in [1.82, 2.24) is 0 Å². The predicted molar refractivity (Wildman–Crippen MR) is 69.2 cm³/mol. The van der Waals surface area contributed by atoms with Crippen molar-refractivity contribution in [3.05, 3.63) is 29.6 Å². The maximum absolute atomic E-state index is 13.0. The number of hydrogen-bond acceptors (Lipinski definition) is 3. The molecule has 3 atom stereocenters. The van der Waals surface area contributed by atoms with E-state index < -0.39 is 22.7 Å². The number of rotatable bonds is 5. The molecule has 6 heteroatoms. The number of fused-ring (bicyclic) bond motifs is 1. The highest BCUT2D eigenvalue weighted by Gasteiger charge is 2.26. The monoisotopic (exact) mass is 286 g/mol. The second-order valence-electron chi connectivity index (χ2n) is 4.71. The van der Waals surface area contributed by atoms with Crippen LogP contribution in [0.3, 0.4) is 0 Å². The first-order valence-electron chi connectivity index (χ1n) is 5.98. The zero-order valence-corrected chi connectivity index (χ0v) is 11.3. The number of halogens is 1. The van der Waals surface area contributed by atoms with Crippen LogP contribution in [0.4, 0.5) is 4.39 Å². The molecule has 1 aromatic rings. The van der Waals surface area contributed by atoms with Crippen LogP contribution in [0.15, 0.2) is 18.2 Å². The van der Waals surface area contributed by atoms with Gasteiger partial charge in [0.25, 0.3) is 0 Å². The van der Waals surface area contributed by atoms with E-state index in [2.05, 4.69) is 0 Å². The Morgan fingerprint density at radius 1 is 1.63 bits per heavy atom. The highest BCUT2D eigenvalue weighted by molar-refractivity contribution is 7.85. The SMILES string of the molecule is CC(CS(=O)CC1Cc2cc(F)ccc2O1)C(=O)O. The fraction of sp³-hybridized carbons (Fsp3) is 0.462. The summed E-state index contributed by atoms with van der Waals surface area (Å²) >= 11 is 0. The Balaban J connectivity index is 1.90. The minimum absolute atomic E-state index is 0.111. The Labute approximate surface area is 113 Å². The summed E-state index contributed by atoms with van der Waals surface area (Å²) in [6, 6.07) is 4.30. The second kappa shape index (κ2) is 5.69. The van der Waals surface area contributed by atoms with Crippen LogP contribution in [0.5, 0.6) is 5.75 Å². The molecule has 1 heterocycles. The quantitative estimate of drug-likeness (QED) is 0.893. The first kappa shape index (κ1) is 14.0. The average molecular weight is 286 g/mol. The molecule has 4 nitrogen and oxygen atoms in total. The van der Waals surface area contributed by atoms with Crippen molar-refractivity contribution in [2.75, 3.05) is 11.5 Å². The minimum Gasteiger partial charge on any atom is -0.489 e. The van der Waals surface area contributed by atoms with Crippen molar-refractivity contribution in [2.45, 2.75) is 19.4 Å². The van der Waals surface area contributed by atoms with E-state index >= 15 is 0 Å². The van der Waals surface area contributed by atoms with Crippen molar-refractivity contribution in [2.24, 2.45) is 5.92 Å². The Bertz CT molecular complexity index is 517. The van der Waals surface area contributed by atoms with Crippen LogP contribution in [0.25, 0.3) is 0 Å². The molecular formula is C13H15FO4S. The number of ether oxygens (including phenoxy) is 1. The molecule has 0 bridgehead atoms. The zero-order valence-electron chi connectivity index (χ0n) is 10.5. The van der Waals surface area contributed by atoms with Gasteiger partial charge in [0, 0.05) is 28.5 Å². The van der Waals surface area contributed by atoms with Gasteiger partial charge in [-0.3, -0.25) is 9.00 Å². The lowest BCUT2D eigenvalue weighted by Crippen LogP contribution is -2.26. The van der Waals surface area contributed by atoms with Gasteiger partial charge in [-0.25, -0.2) is 4.39 Å². The molecule has 0 fully saturated rings. The van der Waals surface area contributed by atoms with E-state index in [0.717, 1.165) is 5.56 Å². The molecule has 1 aliphatic rings. The maximum atomic E-state index is 13.0. The molecule has 1 aromatic carbocycles. The van der Waals surface area contributed by atoms with Crippen LogP contribution in [0, 0.1) is 11.7 Å². The van der Waals surface area contributed by atoms with Gasteiger partial charge in [0.2, 0.25) is 0 Å². The van der Waals surface area contributed by atoms with Crippen LogP contribution < -0.4 is 4.74 Å². The van der Waals surface area contributed by atoms with E-state index in [1.54, 1.807) is 6.07 Å². The van der Waals surface area contributed by atoms with Gasteiger partial charge >= 0.3 is 5.97 Å². The largest absolute Gasteiger partial charge is 0.489 e. The van der Waals surface area contributed by atoms with Crippen molar-refractivity contribution in [3.8, 4) is 5.75 Å². The molecule has 0 saturated carbocycles. The van der Waals surface area contributed by atoms with E-state index in [-0.39, 0.29) is 23.4 Å². The second-order valence-corrected chi connectivity index (χ2v) is 6.25. The van der Waals surface area contributed by atoms with Crippen LogP contribution in [0.1, 0.15) is 12.5 Å². The average Bonchev–Trinajstić information content (AvgIpc) is 2.69. The molecule has 104 valence electrons. The van der Waals surface area contributed by atoms with Crippen LogP contribution >= 0.6 is 0 Å². The van der Waals surface area contributed by atoms with E-state index in [1.165, 1.54) is 19.1 Å². The predicted octanol–water partition coefficient (Wildman–Crippen LogP) is 1.60. The molecule has 0 amide bonds. The lowest BCUT2D eigenvalue weighted by atomic mass is 10.1. The molecule has 0 radical (unpaired) electrons. The fourth-order valence-corrected chi connectivity index (χ4v) is 3.44. The first-order valence-corrected chi connectivity index (χ1v) is 7.47. The summed E-state index contributed by atoms with van der Waals surface area (Å²) in [7, 11) is -1.25. The van der Waals surface area contributed by atoms with Crippen LogP contribution in [-0.4, -0.2) is 32.9 Å². The third-order valence-electron chi connectivity index (χ3n) is 2.99. The Kier molecular flexibility index (Phi) is 4.19. The van der Waals surface area contributed by atoms with Gasteiger partial charge in [-0.2, -0.15) is 0 Å². The molecule has 0 saturated heterocycles. The van der Waals surface area contributed by atoms with E-state index in [0.29, 0.717) is 12.2 Å². The van der Waals surface area contributed by atoms with Gasteiger partial charge in [0.15, 0.2) is 0 Å². The Hall–Kier alpha value is -1.43. The van der Waals surface area contributed by atoms with Gasteiger partial charge in [-0.05, 0) is 18.2 Å². The topological polar surface area (TPSA) is 63.6 Å². The zero-order chi connectivity index (χ0) is 14.0. The third kappa shape index (κ3) is 3.53. The van der Waals surface area contributed by atoms with Crippen molar-refractivity contribution in [1.29, 1.82) is 0 Å². The molecule has 3 unspecified atom stereocenters. The molecule has 0 aliphatic carbocycles. The highest BCUT2D eigenvalue weighted by atomic mass is 32.2. The maximum Gasteiger partial charge on any atom is 0.307 e. The number of aliphatic carboxylic acids is 1. The van der Waals surface area contributed by atoms with Crippen molar-refractivity contribution < 1.29 is 23.2 Å². The summed E-state index contributed by atoms with van der Waals surface area (Å²) in [5.41, 5.74) is 0.772. The standard InChI is InChI=1S/C13H15FO4S/c1-8(13(15)16)6-19(17)7-11-5-9-4-10(14)2-3-12(9)18-11/h2-4,8,11H,5-7H2,1H3,(H,15,16). The van der Waals surface area contributed by atoms with Gasteiger partial charge in [0.05, 0.1) is 11.7 Å². The van der Waals surface area contributed by atoms with Gasteiger partial charge < -0.3 is 9.84 Å². The number of benzene rings is 1. The smallest absolute Gasteiger partial charge is 0.307 e. The molecule has 1 N–H and O–H groups in total. The number of carbonyl (C=O) groups is 1. The Morgan fingerprint density at radius 3 is 3.05 bits per heavy atom. The van der Waals surface area contributed by atoms with Gasteiger partial charge in [-0.15, -0.1) is 0 Å². The number of hydrogen-bond donors (Lipinski definition) is 1. The fourth-order valence-electron chi connectivity index (χ4n) is 2.01. The summed E-state index contributed by atoms with van der Waals surface area (Å²) in [5.74, 6) is -0.903. The van der Waals surface area contributed by atoms with Crippen molar-refractivity contribution >= 4 is 16.8 Å². The summed E-state index contributed by atoms with van der Waals surface area (Å²) in [4.78, 5) is 10.7. The van der Waals surface area contributed by atoms with Gasteiger partial charge in [0.1, 0.15) is 17.7 Å². The summed E-state index contributed by atoms with van der Waals surface area (Å²) in [5, 5.41) is 8.76. The van der Waals surface area contributed by atoms with Crippen LogP contribution in [-0.2, 0) is 22.0 Å². The molecule has 0 aromatic heterocycles. The first-order chi connectivity index (χ1) is 8.95. The molecule has 0 spiro atoms. The molecule has 19 heavy (non-hydrogen) atoms. The Morgan fingerprint density at radius 2 is 2.37 bits per heavy atom. The van der Waals surface area contributed by atoms with E-state index in [4.69, 9.17) is 9.84 Å². The van der Waals surface area contributed by atoms with Crippen molar-refractivity contribution in [3.63, 3.8) is 0 Å².